The van der Waals surface area contributed by atoms with Crippen LogP contribution >= 0.6 is 11.3 Å². The van der Waals surface area contributed by atoms with Crippen LogP contribution in [-0.2, 0) is 0 Å². The fourth-order valence-electron chi connectivity index (χ4n) is 2.02. The van der Waals surface area contributed by atoms with Gasteiger partial charge in [-0.25, -0.2) is 0 Å². The molecule has 78 valence electrons. The van der Waals surface area contributed by atoms with Crippen molar-refractivity contribution in [3.05, 3.63) is 16.6 Å². The highest BCUT2D eigenvalue weighted by Gasteiger charge is 2.26. The number of nitrogens with zero attached hydrogens (tertiary/aromatic N) is 2. The number of thiazole rings is 1. The van der Waals surface area contributed by atoms with Crippen LogP contribution in [0.5, 0.6) is 0 Å². The van der Waals surface area contributed by atoms with Crippen LogP contribution in [0.25, 0.3) is 0 Å². The smallest absolute Gasteiger partial charge is 0.0794 e. The number of hydrogen-bond acceptors (Lipinski definition) is 4. The second-order valence-electron chi connectivity index (χ2n) is 3.97. The van der Waals surface area contributed by atoms with Gasteiger partial charge in [0.25, 0.3) is 0 Å². The van der Waals surface area contributed by atoms with E-state index in [1.165, 1.54) is 17.8 Å². The third-order valence-electron chi connectivity index (χ3n) is 3.06. The molecule has 0 radical (unpaired) electrons. The van der Waals surface area contributed by atoms with Crippen LogP contribution in [0.3, 0.4) is 0 Å². The Hall–Kier alpha value is -0.450. The van der Waals surface area contributed by atoms with Crippen LogP contribution in [0.2, 0.25) is 0 Å². The van der Waals surface area contributed by atoms with Gasteiger partial charge in [-0.2, -0.15) is 0 Å². The summed E-state index contributed by atoms with van der Waals surface area (Å²) in [6, 6.07) is 0.513. The fourth-order valence-corrected chi connectivity index (χ4v) is 2.73. The predicted octanol–water partition coefficient (Wildman–Crippen LogP) is 1.48. The molecule has 3 nitrogen and oxygen atoms in total. The molecule has 0 bridgehead atoms. The SMILES string of the molecule is CC(c1cncs1)N1CCC(CN)C1. The Kier molecular flexibility index (Phi) is 3.15. The Bertz CT molecular complexity index is 273. The number of likely N-dealkylation sites (tertiary alicyclic amines) is 1. The van der Waals surface area contributed by atoms with E-state index in [-0.39, 0.29) is 0 Å². The van der Waals surface area contributed by atoms with E-state index < -0.39 is 0 Å². The molecule has 1 aromatic rings. The predicted molar refractivity (Wildman–Crippen MR) is 59.3 cm³/mol. The first kappa shape index (κ1) is 10.1. The number of aromatic nitrogens is 1. The molecule has 0 aliphatic carbocycles. The molecule has 2 heterocycles. The van der Waals surface area contributed by atoms with Crippen molar-refractivity contribution in [2.75, 3.05) is 19.6 Å². The lowest BCUT2D eigenvalue weighted by Crippen LogP contribution is -2.25. The summed E-state index contributed by atoms with van der Waals surface area (Å²) in [6.45, 7) is 5.41. The lowest BCUT2D eigenvalue weighted by molar-refractivity contribution is 0.256. The van der Waals surface area contributed by atoms with E-state index in [2.05, 4.69) is 16.8 Å². The van der Waals surface area contributed by atoms with Crippen molar-refractivity contribution in [3.63, 3.8) is 0 Å². The molecule has 0 amide bonds. The third kappa shape index (κ3) is 1.97. The van der Waals surface area contributed by atoms with Crippen LogP contribution in [0.4, 0.5) is 0 Å². The van der Waals surface area contributed by atoms with Crippen LogP contribution in [-0.4, -0.2) is 29.5 Å². The van der Waals surface area contributed by atoms with Gasteiger partial charge in [-0.3, -0.25) is 9.88 Å². The van der Waals surface area contributed by atoms with Gasteiger partial charge in [-0.1, -0.05) is 0 Å². The molecule has 0 saturated carbocycles. The molecular formula is C10H17N3S. The molecule has 1 saturated heterocycles. The highest BCUT2D eigenvalue weighted by Crippen LogP contribution is 2.28. The largest absolute Gasteiger partial charge is 0.330 e. The fraction of sp³-hybridized carbons (Fsp3) is 0.700. The van der Waals surface area contributed by atoms with Crippen molar-refractivity contribution in [2.45, 2.75) is 19.4 Å². The summed E-state index contributed by atoms with van der Waals surface area (Å²) < 4.78 is 0. The molecule has 0 spiro atoms. The Morgan fingerprint density at radius 3 is 3.21 bits per heavy atom. The molecule has 1 fully saturated rings. The number of nitrogens with two attached hydrogens (primary N) is 1. The second kappa shape index (κ2) is 4.38. The van der Waals surface area contributed by atoms with Gasteiger partial charge in [0.1, 0.15) is 0 Å². The van der Waals surface area contributed by atoms with Crippen molar-refractivity contribution in [2.24, 2.45) is 11.7 Å². The third-order valence-corrected chi connectivity index (χ3v) is 4.01. The molecule has 1 aliphatic heterocycles. The van der Waals surface area contributed by atoms with Crippen LogP contribution < -0.4 is 5.73 Å². The average Bonchev–Trinajstić information content (AvgIpc) is 2.88. The van der Waals surface area contributed by atoms with E-state index in [1.807, 2.05) is 11.7 Å². The number of rotatable bonds is 3. The minimum Gasteiger partial charge on any atom is -0.330 e. The maximum atomic E-state index is 5.68. The summed E-state index contributed by atoms with van der Waals surface area (Å²) in [5, 5.41) is 0. The van der Waals surface area contributed by atoms with Gasteiger partial charge in [-0.15, -0.1) is 11.3 Å². The monoisotopic (exact) mass is 211 g/mol. The van der Waals surface area contributed by atoms with E-state index >= 15 is 0 Å². The van der Waals surface area contributed by atoms with Crippen molar-refractivity contribution < 1.29 is 0 Å². The highest BCUT2D eigenvalue weighted by molar-refractivity contribution is 7.09. The summed E-state index contributed by atoms with van der Waals surface area (Å²) in [7, 11) is 0. The second-order valence-corrected chi connectivity index (χ2v) is 4.88. The van der Waals surface area contributed by atoms with Gasteiger partial charge in [0.05, 0.1) is 5.51 Å². The Labute approximate surface area is 88.9 Å². The molecular weight excluding hydrogens is 194 g/mol. The van der Waals surface area contributed by atoms with Crippen LogP contribution in [0.1, 0.15) is 24.3 Å². The van der Waals surface area contributed by atoms with E-state index in [4.69, 9.17) is 5.73 Å². The molecule has 2 rings (SSSR count). The summed E-state index contributed by atoms with van der Waals surface area (Å²) in [4.78, 5) is 7.99. The van der Waals surface area contributed by atoms with Crippen molar-refractivity contribution in [1.29, 1.82) is 0 Å². The topological polar surface area (TPSA) is 42.2 Å². The van der Waals surface area contributed by atoms with Gasteiger partial charge < -0.3 is 5.73 Å². The summed E-state index contributed by atoms with van der Waals surface area (Å²) in [6.07, 6.45) is 3.23. The molecule has 0 aromatic carbocycles. The first-order valence-electron chi connectivity index (χ1n) is 5.13. The molecule has 2 N–H and O–H groups in total. The van der Waals surface area contributed by atoms with E-state index in [0.29, 0.717) is 12.0 Å². The summed E-state index contributed by atoms with van der Waals surface area (Å²) in [5.74, 6) is 0.699. The Balaban J connectivity index is 1.97. The summed E-state index contributed by atoms with van der Waals surface area (Å²) in [5.41, 5.74) is 7.58. The van der Waals surface area contributed by atoms with Crippen LogP contribution in [0.15, 0.2) is 11.7 Å². The molecule has 2 atom stereocenters. The Morgan fingerprint density at radius 2 is 2.64 bits per heavy atom. The van der Waals surface area contributed by atoms with E-state index in [9.17, 15) is 0 Å². The lowest BCUT2D eigenvalue weighted by Gasteiger charge is -2.22. The minimum absolute atomic E-state index is 0.513. The average molecular weight is 211 g/mol. The molecule has 2 unspecified atom stereocenters. The molecule has 14 heavy (non-hydrogen) atoms. The van der Waals surface area contributed by atoms with Crippen LogP contribution in [0, 0.1) is 5.92 Å². The van der Waals surface area contributed by atoms with Gasteiger partial charge in [0.2, 0.25) is 0 Å². The summed E-state index contributed by atoms with van der Waals surface area (Å²) >= 11 is 1.74. The quantitative estimate of drug-likeness (QED) is 0.823. The first-order chi connectivity index (χ1) is 6.81. The van der Waals surface area contributed by atoms with Crippen molar-refractivity contribution in [1.82, 2.24) is 9.88 Å². The first-order valence-corrected chi connectivity index (χ1v) is 6.01. The van der Waals surface area contributed by atoms with Crippen molar-refractivity contribution in [3.8, 4) is 0 Å². The zero-order chi connectivity index (χ0) is 9.97. The lowest BCUT2D eigenvalue weighted by atomic mass is 10.1. The van der Waals surface area contributed by atoms with Gasteiger partial charge in [-0.05, 0) is 32.4 Å². The standard InChI is InChI=1S/C10H17N3S/c1-8(10-5-12-7-14-10)13-3-2-9(4-11)6-13/h5,7-9H,2-4,6,11H2,1H3. The number of hydrogen-bond donors (Lipinski definition) is 1. The van der Waals surface area contributed by atoms with Gasteiger partial charge in [0, 0.05) is 23.7 Å². The highest BCUT2D eigenvalue weighted by atomic mass is 32.1. The minimum atomic E-state index is 0.513. The van der Waals surface area contributed by atoms with Gasteiger partial charge >= 0.3 is 0 Å². The normalized spacial score (nSPS) is 25.4. The van der Waals surface area contributed by atoms with E-state index in [0.717, 1.165) is 13.1 Å². The maximum absolute atomic E-state index is 5.68. The van der Waals surface area contributed by atoms with Gasteiger partial charge in [0.15, 0.2) is 0 Å². The molecule has 4 heteroatoms. The molecule has 1 aliphatic rings. The maximum Gasteiger partial charge on any atom is 0.0794 e. The van der Waals surface area contributed by atoms with Crippen molar-refractivity contribution >= 4 is 11.3 Å². The van der Waals surface area contributed by atoms with E-state index in [1.54, 1.807) is 11.3 Å². The zero-order valence-corrected chi connectivity index (χ0v) is 9.33. The molecule has 1 aromatic heterocycles. The zero-order valence-electron chi connectivity index (χ0n) is 8.52. The Morgan fingerprint density at radius 1 is 1.79 bits per heavy atom.